The van der Waals surface area contributed by atoms with E-state index in [4.69, 9.17) is 21.4 Å². The molecule has 1 heterocycles. The van der Waals surface area contributed by atoms with Gasteiger partial charge in [0.2, 0.25) is 0 Å². The topological polar surface area (TPSA) is 46.5 Å². The molecule has 0 spiro atoms. The Labute approximate surface area is 121 Å². The molecule has 20 heavy (non-hydrogen) atoms. The Kier molecular flexibility index (Phi) is 3.14. The van der Waals surface area contributed by atoms with Gasteiger partial charge in [0.15, 0.2) is 0 Å². The van der Waals surface area contributed by atoms with E-state index in [1.54, 1.807) is 12.1 Å². The molecular formula is C16H13ClO3. The van der Waals surface area contributed by atoms with Gasteiger partial charge in [-0.1, -0.05) is 24.3 Å². The van der Waals surface area contributed by atoms with Crippen LogP contribution in [0.1, 0.15) is 45.5 Å². The standard InChI is InChI=1S/C16H13ClO3/c1-9-11-4-2-3-5-12(11)15(17)13-8-10(16(18)19)6-7-14(13)20-9/h2-9,15H,1H3,(H,18,19). The molecule has 0 saturated carbocycles. The van der Waals surface area contributed by atoms with E-state index in [-0.39, 0.29) is 11.7 Å². The van der Waals surface area contributed by atoms with Gasteiger partial charge >= 0.3 is 5.97 Å². The lowest BCUT2D eigenvalue weighted by Gasteiger charge is -2.14. The van der Waals surface area contributed by atoms with Crippen molar-refractivity contribution in [3.05, 3.63) is 64.7 Å². The molecule has 0 saturated heterocycles. The van der Waals surface area contributed by atoms with Gasteiger partial charge in [-0.05, 0) is 36.2 Å². The molecule has 1 aliphatic heterocycles. The van der Waals surface area contributed by atoms with Crippen LogP contribution >= 0.6 is 11.6 Å². The summed E-state index contributed by atoms with van der Waals surface area (Å²) in [6.45, 7) is 1.96. The minimum atomic E-state index is -0.970. The molecule has 0 aliphatic carbocycles. The van der Waals surface area contributed by atoms with Crippen LogP contribution in [-0.2, 0) is 0 Å². The number of rotatable bonds is 1. The number of carboxylic acid groups (broad SMARTS) is 1. The summed E-state index contributed by atoms with van der Waals surface area (Å²) in [5.74, 6) is -0.332. The lowest BCUT2D eigenvalue weighted by molar-refractivity contribution is 0.0696. The molecule has 0 amide bonds. The third-order valence-electron chi connectivity index (χ3n) is 3.54. The van der Waals surface area contributed by atoms with Crippen molar-refractivity contribution in [2.24, 2.45) is 0 Å². The van der Waals surface area contributed by atoms with Crippen LogP contribution in [0.2, 0.25) is 0 Å². The number of halogens is 1. The van der Waals surface area contributed by atoms with Crippen LogP contribution in [-0.4, -0.2) is 11.1 Å². The first kappa shape index (κ1) is 13.0. The van der Waals surface area contributed by atoms with Gasteiger partial charge in [0.05, 0.1) is 10.9 Å². The van der Waals surface area contributed by atoms with E-state index in [9.17, 15) is 4.79 Å². The summed E-state index contributed by atoms with van der Waals surface area (Å²) in [5.41, 5.74) is 2.90. The average molecular weight is 289 g/mol. The second-order valence-corrected chi connectivity index (χ2v) is 5.25. The zero-order chi connectivity index (χ0) is 14.3. The van der Waals surface area contributed by atoms with Crippen molar-refractivity contribution in [3.8, 4) is 5.75 Å². The second kappa shape index (κ2) is 4.84. The van der Waals surface area contributed by atoms with Crippen LogP contribution in [0.15, 0.2) is 42.5 Å². The Bertz CT molecular complexity index is 681. The summed E-state index contributed by atoms with van der Waals surface area (Å²) in [6.07, 6.45) is -0.121. The molecule has 0 radical (unpaired) electrons. The van der Waals surface area contributed by atoms with Crippen molar-refractivity contribution in [1.29, 1.82) is 0 Å². The third-order valence-corrected chi connectivity index (χ3v) is 4.01. The summed E-state index contributed by atoms with van der Waals surface area (Å²) in [6, 6.07) is 12.6. The molecule has 0 fully saturated rings. The Morgan fingerprint density at radius 2 is 1.85 bits per heavy atom. The smallest absolute Gasteiger partial charge is 0.335 e. The van der Waals surface area contributed by atoms with Crippen molar-refractivity contribution in [3.63, 3.8) is 0 Å². The van der Waals surface area contributed by atoms with Gasteiger partial charge < -0.3 is 9.84 Å². The summed E-state index contributed by atoms with van der Waals surface area (Å²) in [7, 11) is 0. The number of aromatic carboxylic acids is 1. The quantitative estimate of drug-likeness (QED) is 0.801. The van der Waals surface area contributed by atoms with E-state index in [0.717, 1.165) is 11.1 Å². The maximum Gasteiger partial charge on any atom is 0.335 e. The van der Waals surface area contributed by atoms with Gasteiger partial charge in [-0.2, -0.15) is 0 Å². The number of ether oxygens (including phenoxy) is 1. The molecule has 0 aromatic heterocycles. The van der Waals surface area contributed by atoms with E-state index in [0.29, 0.717) is 11.3 Å². The zero-order valence-electron chi connectivity index (χ0n) is 10.8. The van der Waals surface area contributed by atoms with Gasteiger partial charge in [0, 0.05) is 5.56 Å². The Balaban J connectivity index is 2.19. The number of carboxylic acids is 1. The van der Waals surface area contributed by atoms with Gasteiger partial charge in [-0.3, -0.25) is 0 Å². The average Bonchev–Trinajstić information content (AvgIpc) is 2.56. The molecule has 1 aliphatic rings. The van der Waals surface area contributed by atoms with Crippen LogP contribution in [0.25, 0.3) is 0 Å². The maximum absolute atomic E-state index is 11.1. The number of fused-ring (bicyclic) bond motifs is 2. The van der Waals surface area contributed by atoms with Crippen molar-refractivity contribution in [2.45, 2.75) is 18.4 Å². The fraction of sp³-hybridized carbons (Fsp3) is 0.188. The highest BCUT2D eigenvalue weighted by Gasteiger charge is 2.27. The van der Waals surface area contributed by atoms with Gasteiger partial charge in [0.25, 0.3) is 0 Å². The van der Waals surface area contributed by atoms with E-state index in [1.807, 2.05) is 31.2 Å². The highest BCUT2D eigenvalue weighted by molar-refractivity contribution is 6.23. The van der Waals surface area contributed by atoms with Crippen LogP contribution < -0.4 is 4.74 Å². The van der Waals surface area contributed by atoms with E-state index < -0.39 is 11.3 Å². The largest absolute Gasteiger partial charge is 0.486 e. The third kappa shape index (κ3) is 2.04. The lowest BCUT2D eigenvalue weighted by atomic mass is 9.97. The summed E-state index contributed by atoms with van der Waals surface area (Å²) in [4.78, 5) is 11.1. The van der Waals surface area contributed by atoms with Crippen LogP contribution in [0.3, 0.4) is 0 Å². The fourth-order valence-electron chi connectivity index (χ4n) is 2.52. The lowest BCUT2D eigenvalue weighted by Crippen LogP contribution is -2.03. The molecular weight excluding hydrogens is 276 g/mol. The van der Waals surface area contributed by atoms with Crippen molar-refractivity contribution < 1.29 is 14.6 Å². The molecule has 2 unspecified atom stereocenters. The molecule has 0 bridgehead atoms. The first-order chi connectivity index (χ1) is 9.58. The molecule has 2 atom stereocenters. The second-order valence-electron chi connectivity index (χ2n) is 4.81. The van der Waals surface area contributed by atoms with E-state index in [1.165, 1.54) is 6.07 Å². The van der Waals surface area contributed by atoms with Gasteiger partial charge in [-0.25, -0.2) is 4.79 Å². The highest BCUT2D eigenvalue weighted by Crippen LogP contribution is 2.43. The molecule has 3 rings (SSSR count). The monoisotopic (exact) mass is 288 g/mol. The van der Waals surface area contributed by atoms with Crippen LogP contribution in [0.4, 0.5) is 0 Å². The number of benzene rings is 2. The van der Waals surface area contributed by atoms with E-state index in [2.05, 4.69) is 0 Å². The maximum atomic E-state index is 11.1. The number of hydrogen-bond donors (Lipinski definition) is 1. The number of alkyl halides is 1. The Morgan fingerprint density at radius 1 is 1.15 bits per heavy atom. The molecule has 2 aromatic rings. The van der Waals surface area contributed by atoms with Crippen molar-refractivity contribution in [1.82, 2.24) is 0 Å². The predicted molar refractivity (Wildman–Crippen MR) is 76.6 cm³/mol. The number of hydrogen-bond acceptors (Lipinski definition) is 2. The zero-order valence-corrected chi connectivity index (χ0v) is 11.6. The summed E-state index contributed by atoms with van der Waals surface area (Å²) in [5, 5.41) is 8.69. The molecule has 102 valence electrons. The molecule has 2 aromatic carbocycles. The molecule has 3 nitrogen and oxygen atoms in total. The minimum Gasteiger partial charge on any atom is -0.486 e. The SMILES string of the molecule is CC1Oc2ccc(C(=O)O)cc2C(Cl)c2ccccc21. The highest BCUT2D eigenvalue weighted by atomic mass is 35.5. The summed E-state index contributed by atoms with van der Waals surface area (Å²) >= 11 is 6.55. The first-order valence-electron chi connectivity index (χ1n) is 6.34. The molecule has 4 heteroatoms. The van der Waals surface area contributed by atoms with E-state index >= 15 is 0 Å². The first-order valence-corrected chi connectivity index (χ1v) is 6.78. The van der Waals surface area contributed by atoms with Crippen molar-refractivity contribution >= 4 is 17.6 Å². The molecule has 1 N–H and O–H groups in total. The normalized spacial score (nSPS) is 20.3. The van der Waals surface area contributed by atoms with Crippen LogP contribution in [0.5, 0.6) is 5.75 Å². The number of carbonyl (C=O) groups is 1. The fourth-order valence-corrected chi connectivity index (χ4v) is 2.89. The van der Waals surface area contributed by atoms with Crippen LogP contribution in [0, 0.1) is 0 Å². The Morgan fingerprint density at radius 3 is 2.55 bits per heavy atom. The van der Waals surface area contributed by atoms with Gasteiger partial charge in [0.1, 0.15) is 11.9 Å². The van der Waals surface area contributed by atoms with Crippen molar-refractivity contribution in [2.75, 3.05) is 0 Å². The van der Waals surface area contributed by atoms with Gasteiger partial charge in [-0.15, -0.1) is 11.6 Å². The predicted octanol–water partition coefficient (Wildman–Crippen LogP) is 4.17. The summed E-state index contributed by atoms with van der Waals surface area (Å²) < 4.78 is 5.91. The minimum absolute atomic E-state index is 0.121. The Hall–Kier alpha value is -2.00.